The van der Waals surface area contributed by atoms with Crippen molar-refractivity contribution in [3.8, 4) is 0 Å². The molecule has 0 aromatic carbocycles. The van der Waals surface area contributed by atoms with Crippen LogP contribution >= 0.6 is 0 Å². The maximum atomic E-state index is 11.5. The van der Waals surface area contributed by atoms with Crippen molar-refractivity contribution in [2.75, 3.05) is 13.7 Å². The van der Waals surface area contributed by atoms with Crippen LogP contribution in [-0.2, 0) is 9.53 Å². The van der Waals surface area contributed by atoms with Gasteiger partial charge in [-0.1, -0.05) is 6.42 Å². The zero-order valence-electron chi connectivity index (χ0n) is 10.4. The number of esters is 1. The van der Waals surface area contributed by atoms with Crippen LogP contribution in [0, 0.1) is 5.92 Å². The molecule has 0 aromatic rings. The summed E-state index contributed by atoms with van der Waals surface area (Å²) < 4.78 is 5.04. The van der Waals surface area contributed by atoms with Crippen LogP contribution in [0.1, 0.15) is 45.4 Å². The summed E-state index contributed by atoms with van der Waals surface area (Å²) in [5.41, 5.74) is 0. The third-order valence-corrected chi connectivity index (χ3v) is 4.20. The summed E-state index contributed by atoms with van der Waals surface area (Å²) in [5.74, 6) is 0.556. The van der Waals surface area contributed by atoms with E-state index >= 15 is 0 Å². The van der Waals surface area contributed by atoms with Crippen molar-refractivity contribution in [1.29, 1.82) is 0 Å². The van der Waals surface area contributed by atoms with Gasteiger partial charge in [-0.15, -0.1) is 0 Å². The molecule has 0 aromatic heterocycles. The Morgan fingerprint density at radius 2 is 1.94 bits per heavy atom. The van der Waals surface area contributed by atoms with Crippen molar-refractivity contribution in [1.82, 2.24) is 4.90 Å². The van der Waals surface area contributed by atoms with Crippen molar-refractivity contribution >= 4 is 5.97 Å². The van der Waals surface area contributed by atoms with Crippen LogP contribution in [0.15, 0.2) is 0 Å². The molecule has 3 atom stereocenters. The summed E-state index contributed by atoms with van der Waals surface area (Å²) in [6.07, 6.45) is 7.00. The molecule has 2 aliphatic heterocycles. The molecule has 2 fully saturated rings. The Labute approximate surface area is 98.1 Å². The predicted octanol–water partition coefficient (Wildman–Crippen LogP) is 2.20. The van der Waals surface area contributed by atoms with Gasteiger partial charge in [-0.05, 0) is 45.6 Å². The van der Waals surface area contributed by atoms with Gasteiger partial charge in [0.25, 0.3) is 0 Å². The van der Waals surface area contributed by atoms with E-state index < -0.39 is 0 Å². The summed E-state index contributed by atoms with van der Waals surface area (Å²) >= 11 is 0. The number of fused-ring (bicyclic) bond motifs is 2. The first kappa shape index (κ1) is 11.9. The molecule has 2 aliphatic rings. The highest BCUT2D eigenvalue weighted by atomic mass is 16.5. The number of ether oxygens (including phenoxy) is 1. The SMILES string of the molecule is CCOC(=O)CC1C[C@H]2CCC[C@@H](C1)N2C. The average Bonchev–Trinajstić information content (AvgIpc) is 2.20. The fourth-order valence-electron chi connectivity index (χ4n) is 3.35. The molecule has 0 saturated carbocycles. The van der Waals surface area contributed by atoms with Gasteiger partial charge in [0.15, 0.2) is 0 Å². The van der Waals surface area contributed by atoms with Crippen LogP contribution in [0.3, 0.4) is 0 Å². The quantitative estimate of drug-likeness (QED) is 0.690. The summed E-state index contributed by atoms with van der Waals surface area (Å²) in [5, 5.41) is 0. The second kappa shape index (κ2) is 5.17. The van der Waals surface area contributed by atoms with Crippen LogP contribution < -0.4 is 0 Å². The van der Waals surface area contributed by atoms with Crippen molar-refractivity contribution < 1.29 is 9.53 Å². The number of rotatable bonds is 3. The van der Waals surface area contributed by atoms with E-state index in [4.69, 9.17) is 4.74 Å². The van der Waals surface area contributed by atoms with E-state index in [1.165, 1.54) is 32.1 Å². The van der Waals surface area contributed by atoms with Crippen LogP contribution in [-0.4, -0.2) is 36.6 Å². The first-order chi connectivity index (χ1) is 7.70. The van der Waals surface area contributed by atoms with E-state index in [2.05, 4.69) is 11.9 Å². The molecule has 0 spiro atoms. The fraction of sp³-hybridized carbons (Fsp3) is 0.923. The van der Waals surface area contributed by atoms with Crippen LogP contribution in [0.4, 0.5) is 0 Å². The molecule has 2 heterocycles. The first-order valence-corrected chi connectivity index (χ1v) is 6.58. The lowest BCUT2D eigenvalue weighted by molar-refractivity contribution is -0.145. The molecule has 92 valence electrons. The van der Waals surface area contributed by atoms with E-state index in [-0.39, 0.29) is 5.97 Å². The predicted molar refractivity (Wildman–Crippen MR) is 63.2 cm³/mol. The maximum absolute atomic E-state index is 11.5. The summed E-state index contributed by atoms with van der Waals surface area (Å²) in [7, 11) is 2.25. The molecule has 0 amide bonds. The molecule has 1 unspecified atom stereocenters. The third-order valence-electron chi connectivity index (χ3n) is 4.20. The Hall–Kier alpha value is -0.570. The van der Waals surface area contributed by atoms with Gasteiger partial charge in [0, 0.05) is 18.5 Å². The third kappa shape index (κ3) is 2.57. The topological polar surface area (TPSA) is 29.5 Å². The van der Waals surface area contributed by atoms with Gasteiger partial charge in [-0.25, -0.2) is 0 Å². The van der Waals surface area contributed by atoms with Gasteiger partial charge in [0.1, 0.15) is 0 Å². The average molecular weight is 225 g/mol. The minimum Gasteiger partial charge on any atom is -0.466 e. The minimum absolute atomic E-state index is 0.00451. The molecule has 0 N–H and O–H groups in total. The Morgan fingerprint density at radius 3 is 2.50 bits per heavy atom. The second-order valence-electron chi connectivity index (χ2n) is 5.25. The van der Waals surface area contributed by atoms with E-state index in [0.717, 1.165) is 0 Å². The standard InChI is InChI=1S/C13H23NO2/c1-3-16-13(15)9-10-7-11-5-4-6-12(8-10)14(11)2/h10-12H,3-9H2,1-2H3/t10?,11-,12+. The zero-order valence-corrected chi connectivity index (χ0v) is 10.4. The Bertz CT molecular complexity index is 240. The zero-order chi connectivity index (χ0) is 11.5. The lowest BCUT2D eigenvalue weighted by Crippen LogP contribution is -2.50. The molecule has 2 bridgehead atoms. The Morgan fingerprint density at radius 1 is 1.31 bits per heavy atom. The highest BCUT2D eigenvalue weighted by Crippen LogP contribution is 2.37. The van der Waals surface area contributed by atoms with E-state index in [1.54, 1.807) is 0 Å². The lowest BCUT2D eigenvalue weighted by atomic mass is 9.77. The van der Waals surface area contributed by atoms with Crippen molar-refractivity contribution in [3.05, 3.63) is 0 Å². The van der Waals surface area contributed by atoms with Gasteiger partial charge in [-0.3, -0.25) is 4.79 Å². The van der Waals surface area contributed by atoms with Crippen molar-refractivity contribution in [2.45, 2.75) is 57.5 Å². The number of carbonyl (C=O) groups excluding carboxylic acids is 1. The summed E-state index contributed by atoms with van der Waals surface area (Å²) in [6.45, 7) is 2.39. The Kier molecular flexibility index (Phi) is 3.85. The Balaban J connectivity index is 1.87. The van der Waals surface area contributed by atoms with E-state index in [0.29, 0.717) is 31.0 Å². The molecule has 3 heteroatoms. The van der Waals surface area contributed by atoms with Crippen molar-refractivity contribution in [3.63, 3.8) is 0 Å². The molecule has 0 aliphatic carbocycles. The largest absolute Gasteiger partial charge is 0.466 e. The van der Waals surface area contributed by atoms with Crippen LogP contribution in [0.5, 0.6) is 0 Å². The fourth-order valence-corrected chi connectivity index (χ4v) is 3.35. The summed E-state index contributed by atoms with van der Waals surface area (Å²) in [6, 6.07) is 1.43. The number of hydrogen-bond acceptors (Lipinski definition) is 3. The van der Waals surface area contributed by atoms with Crippen LogP contribution in [0.2, 0.25) is 0 Å². The van der Waals surface area contributed by atoms with Crippen LogP contribution in [0.25, 0.3) is 0 Å². The van der Waals surface area contributed by atoms with Gasteiger partial charge in [-0.2, -0.15) is 0 Å². The molecular weight excluding hydrogens is 202 g/mol. The lowest BCUT2D eigenvalue weighted by Gasteiger charge is -2.47. The number of hydrogen-bond donors (Lipinski definition) is 0. The minimum atomic E-state index is -0.00451. The molecule has 2 rings (SSSR count). The monoisotopic (exact) mass is 225 g/mol. The van der Waals surface area contributed by atoms with Gasteiger partial charge in [0.2, 0.25) is 0 Å². The smallest absolute Gasteiger partial charge is 0.306 e. The van der Waals surface area contributed by atoms with Crippen molar-refractivity contribution in [2.24, 2.45) is 5.92 Å². The van der Waals surface area contributed by atoms with Gasteiger partial charge in [0.05, 0.1) is 6.61 Å². The van der Waals surface area contributed by atoms with E-state index in [9.17, 15) is 4.79 Å². The highest BCUT2D eigenvalue weighted by molar-refractivity contribution is 5.69. The maximum Gasteiger partial charge on any atom is 0.306 e. The number of nitrogens with zero attached hydrogens (tertiary/aromatic N) is 1. The normalized spacial score (nSPS) is 34.8. The molecule has 16 heavy (non-hydrogen) atoms. The first-order valence-electron chi connectivity index (χ1n) is 6.58. The molecule has 3 nitrogen and oxygen atoms in total. The highest BCUT2D eigenvalue weighted by Gasteiger charge is 2.36. The van der Waals surface area contributed by atoms with Gasteiger partial charge >= 0.3 is 5.97 Å². The molecular formula is C13H23NO2. The molecule has 2 saturated heterocycles. The summed E-state index contributed by atoms with van der Waals surface area (Å²) in [4.78, 5) is 14.0. The molecule has 0 radical (unpaired) electrons. The van der Waals surface area contributed by atoms with E-state index in [1.807, 2.05) is 6.92 Å². The second-order valence-corrected chi connectivity index (χ2v) is 5.25. The number of carbonyl (C=O) groups is 1. The number of piperidine rings is 2. The van der Waals surface area contributed by atoms with Gasteiger partial charge < -0.3 is 9.64 Å².